The van der Waals surface area contributed by atoms with Gasteiger partial charge in [-0.1, -0.05) is 5.21 Å². The van der Waals surface area contributed by atoms with Crippen molar-refractivity contribution in [3.05, 3.63) is 24.3 Å². The maximum atomic E-state index is 5.09. The number of nitrogens with zero attached hydrogens (tertiary/aromatic N) is 5. The Morgan fingerprint density at radius 2 is 2.05 bits per heavy atom. The Hall–Kier alpha value is -2.22. The summed E-state index contributed by atoms with van der Waals surface area (Å²) in [6.07, 6.45) is 4.46. The molecule has 0 fully saturated rings. The molecule has 8 nitrogen and oxygen atoms in total. The fraction of sp³-hybridized carbons (Fsp3) is 0.538. The van der Waals surface area contributed by atoms with Crippen LogP contribution in [0.1, 0.15) is 19.2 Å². The molecule has 0 radical (unpaired) electrons. The van der Waals surface area contributed by atoms with E-state index in [1.54, 1.807) is 13.3 Å². The van der Waals surface area contributed by atoms with Gasteiger partial charge >= 0.3 is 0 Å². The van der Waals surface area contributed by atoms with Crippen LogP contribution < -0.4 is 10.6 Å². The monoisotopic (exact) mass is 291 g/mol. The van der Waals surface area contributed by atoms with E-state index in [1.807, 2.05) is 23.9 Å². The lowest BCUT2D eigenvalue weighted by Gasteiger charge is -2.10. The van der Waals surface area contributed by atoms with Gasteiger partial charge in [0.25, 0.3) is 0 Å². The summed E-state index contributed by atoms with van der Waals surface area (Å²) in [7, 11) is 1.63. The van der Waals surface area contributed by atoms with Crippen molar-refractivity contribution < 1.29 is 4.74 Å². The van der Waals surface area contributed by atoms with Crippen LogP contribution in [0.2, 0.25) is 0 Å². The number of hydrogen-bond acceptors (Lipinski definition) is 7. The molecule has 2 N–H and O–H groups in total. The van der Waals surface area contributed by atoms with Gasteiger partial charge in [0, 0.05) is 39.0 Å². The second-order valence-corrected chi connectivity index (χ2v) is 4.46. The van der Waals surface area contributed by atoms with Crippen LogP contribution in [-0.4, -0.2) is 45.2 Å². The summed E-state index contributed by atoms with van der Waals surface area (Å²) >= 11 is 0. The zero-order valence-electron chi connectivity index (χ0n) is 12.4. The SMILES string of the molecule is CCNc1cc(NCCCn2ccnn2)nc(COC)n1. The first-order chi connectivity index (χ1) is 10.3. The Morgan fingerprint density at radius 3 is 2.71 bits per heavy atom. The van der Waals surface area contributed by atoms with E-state index in [2.05, 4.69) is 30.9 Å². The maximum absolute atomic E-state index is 5.09. The number of rotatable bonds is 9. The van der Waals surface area contributed by atoms with Gasteiger partial charge in [0.15, 0.2) is 5.82 Å². The highest BCUT2D eigenvalue weighted by Crippen LogP contribution is 2.12. The first-order valence-electron chi connectivity index (χ1n) is 7.00. The maximum Gasteiger partial charge on any atom is 0.158 e. The summed E-state index contributed by atoms with van der Waals surface area (Å²) in [6, 6.07) is 1.90. The zero-order valence-corrected chi connectivity index (χ0v) is 12.4. The van der Waals surface area contributed by atoms with Gasteiger partial charge in [-0.3, -0.25) is 4.68 Å². The standard InChI is InChI=1S/C13H21N7O/c1-3-14-11-9-12(18-13(17-11)10-21-2)15-5-4-7-20-8-6-16-19-20/h6,8-9H,3-5,7,10H2,1-2H3,(H2,14,15,17,18). The molecule has 0 bridgehead atoms. The van der Waals surface area contributed by atoms with Gasteiger partial charge in [-0.25, -0.2) is 9.97 Å². The Bertz CT molecular complexity index is 505. The van der Waals surface area contributed by atoms with Crippen molar-refractivity contribution in [3.8, 4) is 0 Å². The fourth-order valence-corrected chi connectivity index (χ4v) is 1.86. The second-order valence-electron chi connectivity index (χ2n) is 4.46. The Morgan fingerprint density at radius 1 is 1.24 bits per heavy atom. The van der Waals surface area contributed by atoms with Gasteiger partial charge in [-0.05, 0) is 13.3 Å². The number of methoxy groups -OCH3 is 1. The van der Waals surface area contributed by atoms with Crippen LogP contribution >= 0.6 is 0 Å². The van der Waals surface area contributed by atoms with E-state index in [1.165, 1.54) is 0 Å². The predicted octanol–water partition coefficient (Wildman–Crippen LogP) is 1.15. The second kappa shape index (κ2) is 8.15. The van der Waals surface area contributed by atoms with E-state index in [4.69, 9.17) is 4.74 Å². The van der Waals surface area contributed by atoms with Gasteiger partial charge in [-0.15, -0.1) is 5.10 Å². The average Bonchev–Trinajstić information content (AvgIpc) is 2.97. The van der Waals surface area contributed by atoms with Crippen molar-refractivity contribution in [2.45, 2.75) is 26.5 Å². The van der Waals surface area contributed by atoms with Crippen molar-refractivity contribution in [1.82, 2.24) is 25.0 Å². The summed E-state index contributed by atoms with van der Waals surface area (Å²) < 4.78 is 6.90. The molecule has 0 saturated carbocycles. The smallest absolute Gasteiger partial charge is 0.158 e. The van der Waals surface area contributed by atoms with Crippen LogP contribution in [0.3, 0.4) is 0 Å². The minimum Gasteiger partial charge on any atom is -0.377 e. The minimum absolute atomic E-state index is 0.396. The fourth-order valence-electron chi connectivity index (χ4n) is 1.86. The Balaban J connectivity index is 1.88. The Kier molecular flexibility index (Phi) is 5.89. The summed E-state index contributed by atoms with van der Waals surface area (Å²) in [6.45, 7) is 4.86. The molecule has 0 aliphatic carbocycles. The molecule has 0 amide bonds. The molecular formula is C13H21N7O. The highest BCUT2D eigenvalue weighted by molar-refractivity contribution is 5.47. The molecule has 114 valence electrons. The molecule has 0 aliphatic heterocycles. The van der Waals surface area contributed by atoms with E-state index in [0.29, 0.717) is 12.4 Å². The van der Waals surface area contributed by atoms with Crippen LogP contribution in [0.5, 0.6) is 0 Å². The lowest BCUT2D eigenvalue weighted by atomic mass is 10.4. The number of aryl methyl sites for hydroxylation is 1. The third-order valence-corrected chi connectivity index (χ3v) is 2.75. The molecule has 2 aromatic rings. The van der Waals surface area contributed by atoms with Gasteiger partial charge in [0.2, 0.25) is 0 Å². The molecule has 2 heterocycles. The molecule has 0 spiro atoms. The molecule has 21 heavy (non-hydrogen) atoms. The van der Waals surface area contributed by atoms with Gasteiger partial charge in [0.1, 0.15) is 18.2 Å². The molecule has 0 aliphatic rings. The summed E-state index contributed by atoms with van der Waals surface area (Å²) in [5.74, 6) is 2.26. The van der Waals surface area contributed by atoms with Crippen molar-refractivity contribution in [1.29, 1.82) is 0 Å². The average molecular weight is 291 g/mol. The molecular weight excluding hydrogens is 270 g/mol. The predicted molar refractivity (Wildman–Crippen MR) is 80.0 cm³/mol. The van der Waals surface area contributed by atoms with Crippen molar-refractivity contribution in [2.24, 2.45) is 0 Å². The van der Waals surface area contributed by atoms with E-state index < -0.39 is 0 Å². The van der Waals surface area contributed by atoms with E-state index in [-0.39, 0.29) is 0 Å². The van der Waals surface area contributed by atoms with Crippen LogP contribution in [-0.2, 0) is 17.9 Å². The van der Waals surface area contributed by atoms with Gasteiger partial charge in [-0.2, -0.15) is 0 Å². The Labute approximate surface area is 123 Å². The third kappa shape index (κ3) is 4.99. The number of anilines is 2. The van der Waals surface area contributed by atoms with Crippen LogP contribution in [0.15, 0.2) is 18.5 Å². The van der Waals surface area contributed by atoms with E-state index in [0.717, 1.165) is 37.7 Å². The first-order valence-corrected chi connectivity index (χ1v) is 7.00. The minimum atomic E-state index is 0.396. The van der Waals surface area contributed by atoms with Crippen LogP contribution in [0.25, 0.3) is 0 Å². The molecule has 2 aromatic heterocycles. The lowest BCUT2D eigenvalue weighted by Crippen LogP contribution is -2.11. The molecule has 0 unspecified atom stereocenters. The molecule has 8 heteroatoms. The van der Waals surface area contributed by atoms with Gasteiger partial charge < -0.3 is 15.4 Å². The van der Waals surface area contributed by atoms with Crippen LogP contribution in [0.4, 0.5) is 11.6 Å². The van der Waals surface area contributed by atoms with Crippen molar-refractivity contribution in [3.63, 3.8) is 0 Å². The molecule has 0 saturated heterocycles. The van der Waals surface area contributed by atoms with E-state index >= 15 is 0 Å². The van der Waals surface area contributed by atoms with Gasteiger partial charge in [0.05, 0.1) is 6.20 Å². The summed E-state index contributed by atoms with van der Waals surface area (Å²) in [5, 5.41) is 14.2. The third-order valence-electron chi connectivity index (χ3n) is 2.75. The highest BCUT2D eigenvalue weighted by atomic mass is 16.5. The number of aromatic nitrogens is 5. The highest BCUT2D eigenvalue weighted by Gasteiger charge is 2.04. The largest absolute Gasteiger partial charge is 0.377 e. The summed E-state index contributed by atoms with van der Waals surface area (Å²) in [4.78, 5) is 8.79. The first kappa shape index (κ1) is 15.2. The van der Waals surface area contributed by atoms with Crippen molar-refractivity contribution >= 4 is 11.6 Å². The van der Waals surface area contributed by atoms with E-state index in [9.17, 15) is 0 Å². The topological polar surface area (TPSA) is 89.8 Å². The van der Waals surface area contributed by atoms with Crippen LogP contribution in [0, 0.1) is 0 Å². The normalized spacial score (nSPS) is 10.6. The number of hydrogen-bond donors (Lipinski definition) is 2. The number of ether oxygens (including phenoxy) is 1. The summed E-state index contributed by atoms with van der Waals surface area (Å²) in [5.41, 5.74) is 0. The molecule has 2 rings (SSSR count). The van der Waals surface area contributed by atoms with Crippen molar-refractivity contribution in [2.75, 3.05) is 30.8 Å². The number of nitrogens with one attached hydrogen (secondary N) is 2. The molecule has 0 aromatic carbocycles. The molecule has 0 atom stereocenters. The quantitative estimate of drug-likeness (QED) is 0.670. The lowest BCUT2D eigenvalue weighted by molar-refractivity contribution is 0.178. The zero-order chi connectivity index (χ0) is 14.9.